The molecule has 29 heavy (non-hydrogen) atoms. The lowest BCUT2D eigenvalue weighted by Gasteiger charge is -2.47. The van der Waals surface area contributed by atoms with Crippen LogP contribution in [-0.2, 0) is 6.54 Å². The molecule has 2 heterocycles. The van der Waals surface area contributed by atoms with Gasteiger partial charge in [-0.1, -0.05) is 84.9 Å². The summed E-state index contributed by atoms with van der Waals surface area (Å²) in [4.78, 5) is 5.33. The zero-order chi connectivity index (χ0) is 18.1. The van der Waals surface area contributed by atoms with Crippen molar-refractivity contribution in [1.29, 1.82) is 0 Å². The summed E-state index contributed by atoms with van der Waals surface area (Å²) in [5.41, 5.74) is 5.90. The number of halogens is 2. The zero-order valence-corrected chi connectivity index (χ0v) is 18.1. The Morgan fingerprint density at radius 1 is 0.655 bits per heavy atom. The van der Waals surface area contributed by atoms with Crippen LogP contribution in [0.15, 0.2) is 84.9 Å². The number of hydrogen-bond acceptors (Lipinski definition) is 2. The van der Waals surface area contributed by atoms with Crippen LogP contribution in [0.4, 0.5) is 0 Å². The highest BCUT2D eigenvalue weighted by molar-refractivity contribution is 5.85. The molecule has 2 aliphatic rings. The van der Waals surface area contributed by atoms with Crippen molar-refractivity contribution in [1.82, 2.24) is 9.80 Å². The molecule has 0 aliphatic carbocycles. The van der Waals surface area contributed by atoms with Gasteiger partial charge in [-0.2, -0.15) is 0 Å². The van der Waals surface area contributed by atoms with E-state index in [1.807, 2.05) is 0 Å². The van der Waals surface area contributed by atoms with Crippen LogP contribution in [0, 0.1) is 0 Å². The van der Waals surface area contributed by atoms with Crippen LogP contribution >= 0.6 is 24.8 Å². The lowest BCUT2D eigenvalue weighted by molar-refractivity contribution is 0.0585. The van der Waals surface area contributed by atoms with Gasteiger partial charge in [0.15, 0.2) is 0 Å². The Hall–Kier alpha value is -1.84. The van der Waals surface area contributed by atoms with Gasteiger partial charge in [0, 0.05) is 44.7 Å². The highest BCUT2D eigenvalue weighted by Gasteiger charge is 2.36. The Morgan fingerprint density at radius 2 is 1.28 bits per heavy atom. The van der Waals surface area contributed by atoms with Crippen molar-refractivity contribution < 1.29 is 0 Å². The molecule has 0 radical (unpaired) electrons. The van der Waals surface area contributed by atoms with Gasteiger partial charge in [0.2, 0.25) is 0 Å². The molecule has 2 unspecified atom stereocenters. The van der Waals surface area contributed by atoms with Gasteiger partial charge in [-0.3, -0.25) is 9.80 Å². The van der Waals surface area contributed by atoms with Crippen molar-refractivity contribution in [3.05, 3.63) is 107 Å². The molecule has 0 saturated carbocycles. The van der Waals surface area contributed by atoms with Gasteiger partial charge in [0.1, 0.15) is 0 Å². The maximum atomic E-state index is 2.71. The monoisotopic (exact) mass is 426 g/mol. The van der Waals surface area contributed by atoms with Crippen LogP contribution in [0.5, 0.6) is 0 Å². The minimum Gasteiger partial charge on any atom is -0.296 e. The summed E-state index contributed by atoms with van der Waals surface area (Å²) in [6.45, 7) is 5.60. The van der Waals surface area contributed by atoms with Crippen LogP contribution in [0.25, 0.3) is 0 Å². The average Bonchev–Trinajstić information content (AvgIpc) is 2.75. The molecule has 1 fully saturated rings. The van der Waals surface area contributed by atoms with Crippen molar-refractivity contribution in [3.8, 4) is 0 Å². The van der Waals surface area contributed by atoms with Gasteiger partial charge in [-0.15, -0.1) is 24.8 Å². The van der Waals surface area contributed by atoms with Crippen molar-refractivity contribution in [2.75, 3.05) is 26.2 Å². The fraction of sp³-hybridized carbons (Fsp3) is 0.280. The van der Waals surface area contributed by atoms with Crippen molar-refractivity contribution in [2.45, 2.75) is 18.5 Å². The Labute approximate surface area is 186 Å². The van der Waals surface area contributed by atoms with E-state index in [4.69, 9.17) is 0 Å². The van der Waals surface area contributed by atoms with E-state index in [2.05, 4.69) is 94.7 Å². The first-order valence-corrected chi connectivity index (χ1v) is 10.0. The van der Waals surface area contributed by atoms with Crippen LogP contribution in [0.2, 0.25) is 0 Å². The van der Waals surface area contributed by atoms with Gasteiger partial charge in [-0.25, -0.2) is 0 Å². The molecule has 5 rings (SSSR count). The Balaban J connectivity index is 0.00000120. The highest BCUT2D eigenvalue weighted by Crippen LogP contribution is 2.40. The van der Waals surface area contributed by atoms with Gasteiger partial charge in [0.25, 0.3) is 0 Å². The molecule has 4 heteroatoms. The molecule has 2 aliphatic heterocycles. The summed E-state index contributed by atoms with van der Waals surface area (Å²) in [6, 6.07) is 31.5. The molecule has 3 aromatic carbocycles. The normalized spacial score (nSPS) is 21.2. The number of piperazine rings is 1. The highest BCUT2D eigenvalue weighted by atomic mass is 35.5. The third-order valence-corrected chi connectivity index (χ3v) is 6.17. The number of nitrogens with zero attached hydrogens (tertiary/aromatic N) is 2. The van der Waals surface area contributed by atoms with E-state index in [1.54, 1.807) is 0 Å². The fourth-order valence-corrected chi connectivity index (χ4v) is 4.81. The average molecular weight is 427 g/mol. The SMILES string of the molecule is Cl.Cl.c1ccc(CN2CCN3CC(c4ccccc4)c4ccccc4C3C2)cc1. The second kappa shape index (κ2) is 9.77. The summed E-state index contributed by atoms with van der Waals surface area (Å²) in [7, 11) is 0. The smallest absolute Gasteiger partial charge is 0.0479 e. The summed E-state index contributed by atoms with van der Waals surface area (Å²) in [5.74, 6) is 0.485. The first-order valence-electron chi connectivity index (χ1n) is 10.0. The van der Waals surface area contributed by atoms with E-state index in [1.165, 1.54) is 22.3 Å². The number of benzene rings is 3. The molecular formula is C25H28Cl2N2. The van der Waals surface area contributed by atoms with Crippen LogP contribution < -0.4 is 0 Å². The van der Waals surface area contributed by atoms with Gasteiger partial charge >= 0.3 is 0 Å². The second-order valence-electron chi connectivity index (χ2n) is 7.82. The molecule has 0 aromatic heterocycles. The van der Waals surface area contributed by atoms with E-state index in [0.717, 1.165) is 32.7 Å². The van der Waals surface area contributed by atoms with Crippen molar-refractivity contribution in [2.24, 2.45) is 0 Å². The van der Waals surface area contributed by atoms with Gasteiger partial charge in [-0.05, 0) is 22.3 Å². The molecule has 1 saturated heterocycles. The Bertz CT molecular complexity index is 901. The number of rotatable bonds is 3. The lowest BCUT2D eigenvalue weighted by atomic mass is 9.80. The molecule has 0 bridgehead atoms. The first-order chi connectivity index (χ1) is 13.4. The van der Waals surface area contributed by atoms with Crippen molar-refractivity contribution >= 4 is 24.8 Å². The van der Waals surface area contributed by atoms with Crippen LogP contribution in [0.1, 0.15) is 34.2 Å². The topological polar surface area (TPSA) is 6.48 Å². The molecule has 0 amide bonds. The molecule has 0 spiro atoms. The largest absolute Gasteiger partial charge is 0.296 e. The predicted molar refractivity (Wildman–Crippen MR) is 125 cm³/mol. The van der Waals surface area contributed by atoms with Crippen molar-refractivity contribution in [3.63, 3.8) is 0 Å². The van der Waals surface area contributed by atoms with E-state index in [0.29, 0.717) is 12.0 Å². The quantitative estimate of drug-likeness (QED) is 0.542. The predicted octanol–water partition coefficient (Wildman–Crippen LogP) is 5.53. The van der Waals surface area contributed by atoms with E-state index in [-0.39, 0.29) is 24.8 Å². The Morgan fingerprint density at radius 3 is 2.00 bits per heavy atom. The van der Waals surface area contributed by atoms with E-state index in [9.17, 15) is 0 Å². The molecule has 152 valence electrons. The van der Waals surface area contributed by atoms with Crippen LogP contribution in [-0.4, -0.2) is 36.0 Å². The third kappa shape index (κ3) is 4.51. The standard InChI is InChI=1S/C25H26N2.2ClH/c1-3-9-20(10-4-1)17-26-15-16-27-18-24(21-11-5-2-6-12-21)22-13-7-8-14-23(22)25(27)19-26;;/h1-14,24-25H,15-19H2;2*1H. The summed E-state index contributed by atoms with van der Waals surface area (Å²) in [6.07, 6.45) is 0. The second-order valence-corrected chi connectivity index (χ2v) is 7.82. The summed E-state index contributed by atoms with van der Waals surface area (Å²) < 4.78 is 0. The number of fused-ring (bicyclic) bond motifs is 3. The van der Waals surface area contributed by atoms with Gasteiger partial charge in [0.05, 0.1) is 0 Å². The van der Waals surface area contributed by atoms with Gasteiger partial charge < -0.3 is 0 Å². The fourth-order valence-electron chi connectivity index (χ4n) is 4.81. The van der Waals surface area contributed by atoms with E-state index < -0.39 is 0 Å². The minimum atomic E-state index is 0. The maximum Gasteiger partial charge on any atom is 0.0479 e. The summed E-state index contributed by atoms with van der Waals surface area (Å²) in [5, 5.41) is 0. The van der Waals surface area contributed by atoms with E-state index >= 15 is 0 Å². The first kappa shape index (κ1) is 21.9. The Kier molecular flexibility index (Phi) is 7.37. The molecular weight excluding hydrogens is 399 g/mol. The molecule has 3 aromatic rings. The molecule has 2 atom stereocenters. The molecule has 0 N–H and O–H groups in total. The minimum absolute atomic E-state index is 0. The zero-order valence-electron chi connectivity index (χ0n) is 16.5. The number of hydrogen-bond donors (Lipinski definition) is 0. The summed E-state index contributed by atoms with van der Waals surface area (Å²) >= 11 is 0. The third-order valence-electron chi connectivity index (χ3n) is 6.17. The molecule has 2 nitrogen and oxygen atoms in total. The lowest BCUT2D eigenvalue weighted by Crippen LogP contribution is -2.51. The maximum absolute atomic E-state index is 2.71. The van der Waals surface area contributed by atoms with Crippen LogP contribution in [0.3, 0.4) is 0 Å².